The second-order valence-electron chi connectivity index (χ2n) is 5.76. The number of allylic oxidation sites excluding steroid dienone is 1. The fourth-order valence-corrected chi connectivity index (χ4v) is 2.50. The molecule has 0 saturated carbocycles. The molecule has 0 aliphatic heterocycles. The van der Waals surface area contributed by atoms with E-state index in [4.69, 9.17) is 4.74 Å². The first-order valence-electron chi connectivity index (χ1n) is 6.39. The van der Waals surface area contributed by atoms with Crippen LogP contribution in [0.3, 0.4) is 0 Å². The van der Waals surface area contributed by atoms with Crippen LogP contribution >= 0.6 is 0 Å². The van der Waals surface area contributed by atoms with Gasteiger partial charge in [0, 0.05) is 8.07 Å². The van der Waals surface area contributed by atoms with Crippen LogP contribution in [0.4, 0.5) is 0 Å². The lowest BCUT2D eigenvalue weighted by atomic mass is 10.1. The van der Waals surface area contributed by atoms with Crippen LogP contribution in [0.15, 0.2) is 36.4 Å². The standard InChI is InChI=1S/C15H24O2Si/c1-17-14-10-8-13(9-11-14)15(16)7-5-6-12-18(2,3)4/h5-6,8-11,15-16H,7,12H2,1-4H3/b6-5-. The second kappa shape index (κ2) is 6.76. The average molecular weight is 264 g/mol. The van der Waals surface area contributed by atoms with Crippen molar-refractivity contribution < 1.29 is 9.84 Å². The summed E-state index contributed by atoms with van der Waals surface area (Å²) in [6.07, 6.45) is 4.55. The van der Waals surface area contributed by atoms with Crippen molar-refractivity contribution >= 4 is 8.07 Å². The van der Waals surface area contributed by atoms with Crippen molar-refractivity contribution in [3.05, 3.63) is 42.0 Å². The second-order valence-corrected chi connectivity index (χ2v) is 11.3. The van der Waals surface area contributed by atoms with E-state index in [2.05, 4.69) is 31.8 Å². The molecule has 0 aliphatic rings. The summed E-state index contributed by atoms with van der Waals surface area (Å²) in [6.45, 7) is 7.03. The van der Waals surface area contributed by atoms with E-state index < -0.39 is 14.2 Å². The van der Waals surface area contributed by atoms with Crippen molar-refractivity contribution in [2.24, 2.45) is 0 Å². The zero-order chi connectivity index (χ0) is 13.6. The van der Waals surface area contributed by atoms with Crippen LogP contribution in [0.5, 0.6) is 5.75 Å². The minimum atomic E-state index is -1.01. The van der Waals surface area contributed by atoms with Crippen LogP contribution in [0.2, 0.25) is 25.7 Å². The number of ether oxygens (including phenoxy) is 1. The van der Waals surface area contributed by atoms with Crippen LogP contribution in [0.1, 0.15) is 18.1 Å². The lowest BCUT2D eigenvalue weighted by Crippen LogP contribution is -2.17. The molecule has 3 heteroatoms. The molecule has 0 amide bonds. The third kappa shape index (κ3) is 5.51. The summed E-state index contributed by atoms with van der Waals surface area (Å²) in [4.78, 5) is 0. The van der Waals surface area contributed by atoms with Gasteiger partial charge >= 0.3 is 0 Å². The van der Waals surface area contributed by atoms with Gasteiger partial charge in [-0.3, -0.25) is 0 Å². The van der Waals surface area contributed by atoms with E-state index in [9.17, 15) is 5.11 Å². The van der Waals surface area contributed by atoms with Gasteiger partial charge in [0.2, 0.25) is 0 Å². The monoisotopic (exact) mass is 264 g/mol. The molecule has 1 unspecified atom stereocenters. The molecule has 1 N–H and O–H groups in total. The molecule has 0 heterocycles. The molecule has 1 aromatic rings. The van der Waals surface area contributed by atoms with E-state index in [1.54, 1.807) is 7.11 Å². The maximum atomic E-state index is 10.0. The maximum Gasteiger partial charge on any atom is 0.118 e. The molecule has 0 radical (unpaired) electrons. The molecule has 1 aromatic carbocycles. The van der Waals surface area contributed by atoms with Gasteiger partial charge in [-0.1, -0.05) is 43.9 Å². The Kier molecular flexibility index (Phi) is 5.63. The molecule has 1 rings (SSSR count). The van der Waals surface area contributed by atoms with E-state index >= 15 is 0 Å². The summed E-state index contributed by atoms with van der Waals surface area (Å²) < 4.78 is 5.09. The fraction of sp³-hybridized carbons (Fsp3) is 0.467. The van der Waals surface area contributed by atoms with Gasteiger partial charge in [-0.05, 0) is 30.2 Å². The van der Waals surface area contributed by atoms with Crippen molar-refractivity contribution in [1.82, 2.24) is 0 Å². The first kappa shape index (κ1) is 15.0. The highest BCUT2D eigenvalue weighted by Gasteiger charge is 2.10. The van der Waals surface area contributed by atoms with Crippen LogP contribution in [-0.4, -0.2) is 20.3 Å². The average Bonchev–Trinajstić information content (AvgIpc) is 2.33. The molecule has 0 spiro atoms. The summed E-state index contributed by atoms with van der Waals surface area (Å²) in [5.74, 6) is 0.820. The first-order valence-corrected chi connectivity index (χ1v) is 10.1. The Morgan fingerprint density at radius 1 is 1.17 bits per heavy atom. The number of hydrogen-bond acceptors (Lipinski definition) is 2. The fourth-order valence-electron chi connectivity index (χ4n) is 1.62. The Hall–Kier alpha value is -1.06. The normalized spacial score (nSPS) is 13.8. The Balaban J connectivity index is 2.47. The molecule has 0 aromatic heterocycles. The smallest absolute Gasteiger partial charge is 0.118 e. The molecule has 1 atom stereocenters. The molecule has 0 aliphatic carbocycles. The predicted octanol–water partition coefficient (Wildman–Crippen LogP) is 4.01. The van der Waals surface area contributed by atoms with Crippen LogP contribution < -0.4 is 4.74 Å². The zero-order valence-electron chi connectivity index (χ0n) is 11.8. The molecule has 2 nitrogen and oxygen atoms in total. The van der Waals surface area contributed by atoms with Crippen LogP contribution in [-0.2, 0) is 0 Å². The molecular weight excluding hydrogens is 240 g/mol. The Morgan fingerprint density at radius 3 is 2.28 bits per heavy atom. The van der Waals surface area contributed by atoms with Crippen molar-refractivity contribution in [2.75, 3.05) is 7.11 Å². The molecule has 0 fully saturated rings. The van der Waals surface area contributed by atoms with Gasteiger partial charge in [-0.15, -0.1) is 0 Å². The van der Waals surface area contributed by atoms with Crippen molar-refractivity contribution in [3.8, 4) is 5.75 Å². The predicted molar refractivity (Wildman–Crippen MR) is 79.9 cm³/mol. The third-order valence-electron chi connectivity index (χ3n) is 2.76. The Bertz CT molecular complexity index is 376. The third-order valence-corrected chi connectivity index (χ3v) is 4.22. The quantitative estimate of drug-likeness (QED) is 0.621. The SMILES string of the molecule is COc1ccc(C(O)C/C=C\C[Si](C)(C)C)cc1. The summed E-state index contributed by atoms with van der Waals surface area (Å²) >= 11 is 0. The van der Waals surface area contributed by atoms with Crippen molar-refractivity contribution in [3.63, 3.8) is 0 Å². The van der Waals surface area contributed by atoms with Gasteiger partial charge in [0.25, 0.3) is 0 Å². The van der Waals surface area contributed by atoms with Gasteiger partial charge in [-0.2, -0.15) is 0 Å². The number of rotatable bonds is 6. The number of aliphatic hydroxyl groups is 1. The summed E-state index contributed by atoms with van der Waals surface area (Å²) in [6, 6.07) is 8.75. The molecular formula is C15H24O2Si. The molecule has 0 bridgehead atoms. The summed E-state index contributed by atoms with van der Waals surface area (Å²) in [5.41, 5.74) is 0.938. The van der Waals surface area contributed by atoms with E-state index in [1.165, 1.54) is 6.04 Å². The highest BCUT2D eigenvalue weighted by Crippen LogP contribution is 2.20. The van der Waals surface area contributed by atoms with E-state index in [-0.39, 0.29) is 0 Å². The van der Waals surface area contributed by atoms with Gasteiger partial charge in [-0.25, -0.2) is 0 Å². The number of hydrogen-bond donors (Lipinski definition) is 1. The lowest BCUT2D eigenvalue weighted by molar-refractivity contribution is 0.181. The Labute approximate surface area is 111 Å². The topological polar surface area (TPSA) is 29.5 Å². The largest absolute Gasteiger partial charge is 0.497 e. The van der Waals surface area contributed by atoms with Crippen LogP contribution in [0.25, 0.3) is 0 Å². The number of aliphatic hydroxyl groups excluding tert-OH is 1. The van der Waals surface area contributed by atoms with Gasteiger partial charge in [0.05, 0.1) is 13.2 Å². The minimum absolute atomic E-state index is 0.422. The zero-order valence-corrected chi connectivity index (χ0v) is 12.8. The van der Waals surface area contributed by atoms with Gasteiger partial charge in [0.15, 0.2) is 0 Å². The van der Waals surface area contributed by atoms with E-state index in [0.717, 1.165) is 11.3 Å². The Morgan fingerprint density at radius 2 is 1.78 bits per heavy atom. The highest BCUT2D eigenvalue weighted by molar-refractivity contribution is 6.76. The molecule has 100 valence electrons. The first-order chi connectivity index (χ1) is 8.42. The summed E-state index contributed by atoms with van der Waals surface area (Å²) in [5, 5.41) is 10.0. The summed E-state index contributed by atoms with van der Waals surface area (Å²) in [7, 11) is 0.638. The van der Waals surface area contributed by atoms with E-state index in [1.807, 2.05) is 24.3 Å². The molecule has 18 heavy (non-hydrogen) atoms. The minimum Gasteiger partial charge on any atom is -0.497 e. The number of benzene rings is 1. The van der Waals surface area contributed by atoms with E-state index in [0.29, 0.717) is 6.42 Å². The van der Waals surface area contributed by atoms with Crippen molar-refractivity contribution in [1.29, 1.82) is 0 Å². The maximum absolute atomic E-state index is 10.0. The van der Waals surface area contributed by atoms with Gasteiger partial charge in [0.1, 0.15) is 5.75 Å². The highest BCUT2D eigenvalue weighted by atomic mass is 28.3. The lowest BCUT2D eigenvalue weighted by Gasteiger charge is -2.12. The number of methoxy groups -OCH3 is 1. The van der Waals surface area contributed by atoms with Crippen LogP contribution in [0, 0.1) is 0 Å². The molecule has 0 saturated heterocycles. The van der Waals surface area contributed by atoms with Gasteiger partial charge < -0.3 is 9.84 Å². The van der Waals surface area contributed by atoms with Crippen molar-refractivity contribution in [2.45, 2.75) is 38.2 Å².